The number of hydrogen-bond acceptors (Lipinski definition) is 5. The molecular formula is C21H22F3N3O3S. The molecular weight excluding hydrogens is 431 g/mol. The number of amides is 2. The van der Waals surface area contributed by atoms with E-state index < -0.39 is 17.6 Å². The van der Waals surface area contributed by atoms with Gasteiger partial charge in [-0.25, -0.2) is 0 Å². The van der Waals surface area contributed by atoms with Crippen LogP contribution in [0.25, 0.3) is 0 Å². The summed E-state index contributed by atoms with van der Waals surface area (Å²) < 4.78 is 39.1. The maximum atomic E-state index is 13.0. The van der Waals surface area contributed by atoms with Crippen LogP contribution in [0.3, 0.4) is 0 Å². The molecule has 1 fully saturated rings. The number of hydrogen-bond donors (Lipinski definition) is 1. The molecule has 2 aromatic rings. The smallest absolute Gasteiger partial charge is 0.340 e. The number of Topliss-reactive ketones (excluding diaryl/α,β-unsaturated/α-hetero) is 1. The van der Waals surface area contributed by atoms with Gasteiger partial charge in [0.2, 0.25) is 11.8 Å². The minimum absolute atomic E-state index is 0.0576. The van der Waals surface area contributed by atoms with E-state index in [0.29, 0.717) is 31.1 Å². The highest BCUT2D eigenvalue weighted by Crippen LogP contribution is 2.34. The van der Waals surface area contributed by atoms with E-state index in [-0.39, 0.29) is 36.8 Å². The van der Waals surface area contributed by atoms with Gasteiger partial charge >= 0.3 is 6.18 Å². The van der Waals surface area contributed by atoms with E-state index in [1.165, 1.54) is 29.5 Å². The van der Waals surface area contributed by atoms with Gasteiger partial charge in [-0.1, -0.05) is 18.2 Å². The van der Waals surface area contributed by atoms with Gasteiger partial charge in [-0.2, -0.15) is 13.2 Å². The molecule has 2 heterocycles. The van der Waals surface area contributed by atoms with Crippen LogP contribution in [0.5, 0.6) is 0 Å². The fraction of sp³-hybridized carbons (Fsp3) is 0.381. The van der Waals surface area contributed by atoms with E-state index in [1.54, 1.807) is 21.9 Å². The lowest BCUT2D eigenvalue weighted by Crippen LogP contribution is -2.50. The Morgan fingerprint density at radius 3 is 2.32 bits per heavy atom. The van der Waals surface area contributed by atoms with Crippen LogP contribution >= 0.6 is 11.3 Å². The zero-order chi connectivity index (χ0) is 22.4. The van der Waals surface area contributed by atoms with Crippen LogP contribution in [0.1, 0.15) is 28.1 Å². The summed E-state index contributed by atoms with van der Waals surface area (Å²) in [6, 6.07) is 8.35. The van der Waals surface area contributed by atoms with Crippen LogP contribution < -0.4 is 5.32 Å². The molecule has 0 atom stereocenters. The van der Waals surface area contributed by atoms with Gasteiger partial charge < -0.3 is 10.2 Å². The zero-order valence-electron chi connectivity index (χ0n) is 16.7. The summed E-state index contributed by atoms with van der Waals surface area (Å²) in [6.45, 7) is 1.60. The molecule has 1 aliphatic heterocycles. The summed E-state index contributed by atoms with van der Waals surface area (Å²) >= 11 is 1.35. The molecule has 3 rings (SSSR count). The molecule has 0 bridgehead atoms. The number of para-hydroxylation sites is 1. The van der Waals surface area contributed by atoms with Crippen LogP contribution in [0.2, 0.25) is 0 Å². The van der Waals surface area contributed by atoms with Gasteiger partial charge in [0, 0.05) is 39.0 Å². The Morgan fingerprint density at radius 2 is 1.68 bits per heavy atom. The minimum atomic E-state index is -4.55. The molecule has 6 nitrogen and oxygen atoms in total. The third kappa shape index (κ3) is 6.38. The molecule has 31 heavy (non-hydrogen) atoms. The summed E-state index contributed by atoms with van der Waals surface area (Å²) in [5, 5.41) is 4.14. The number of carbonyl (C=O) groups is 3. The normalized spacial score (nSPS) is 15.0. The lowest BCUT2D eigenvalue weighted by Gasteiger charge is -2.34. The summed E-state index contributed by atoms with van der Waals surface area (Å²) in [5.41, 5.74) is -1.17. The third-order valence-electron chi connectivity index (χ3n) is 4.96. The second kappa shape index (κ2) is 10.1. The lowest BCUT2D eigenvalue weighted by atomic mass is 10.1. The minimum Gasteiger partial charge on any atom is -0.340 e. The second-order valence-corrected chi connectivity index (χ2v) is 8.10. The van der Waals surface area contributed by atoms with Crippen molar-refractivity contribution in [2.45, 2.75) is 19.0 Å². The SMILES string of the molecule is O=C(CN1CCN(C(=O)CCC(=O)c2cccs2)CC1)Nc1ccccc1C(F)(F)F. The molecule has 1 aromatic carbocycles. The first-order valence-electron chi connectivity index (χ1n) is 9.77. The number of benzene rings is 1. The Labute approximate surface area is 181 Å². The molecule has 10 heteroatoms. The lowest BCUT2D eigenvalue weighted by molar-refractivity contribution is -0.137. The topological polar surface area (TPSA) is 69.7 Å². The van der Waals surface area contributed by atoms with E-state index in [0.717, 1.165) is 6.07 Å². The average Bonchev–Trinajstić information content (AvgIpc) is 3.27. The van der Waals surface area contributed by atoms with Gasteiger partial charge in [0.1, 0.15) is 0 Å². The van der Waals surface area contributed by atoms with Crippen molar-refractivity contribution in [3.05, 3.63) is 52.2 Å². The van der Waals surface area contributed by atoms with E-state index in [4.69, 9.17) is 0 Å². The summed E-state index contributed by atoms with van der Waals surface area (Å²) in [5.74, 6) is -0.719. The number of anilines is 1. The number of piperazine rings is 1. The molecule has 0 radical (unpaired) electrons. The number of nitrogens with zero attached hydrogens (tertiary/aromatic N) is 2. The van der Waals surface area contributed by atoms with Crippen molar-refractivity contribution in [3.8, 4) is 0 Å². The largest absolute Gasteiger partial charge is 0.418 e. The van der Waals surface area contributed by atoms with Crippen molar-refractivity contribution >= 4 is 34.6 Å². The summed E-state index contributed by atoms with van der Waals surface area (Å²) in [6.07, 6.45) is -4.27. The standard InChI is InChI=1S/C21H22F3N3O3S/c22-21(23,24)15-4-1-2-5-16(15)25-19(29)14-26-9-11-27(12-10-26)20(30)8-7-17(28)18-6-3-13-31-18/h1-6,13H,7-12,14H2,(H,25,29). The van der Waals surface area contributed by atoms with Gasteiger partial charge in [0.05, 0.1) is 22.7 Å². The molecule has 1 saturated heterocycles. The maximum absolute atomic E-state index is 13.0. The van der Waals surface area contributed by atoms with Crippen molar-refractivity contribution in [2.75, 3.05) is 38.0 Å². The van der Waals surface area contributed by atoms with E-state index >= 15 is 0 Å². The highest BCUT2D eigenvalue weighted by Gasteiger charge is 2.33. The highest BCUT2D eigenvalue weighted by atomic mass is 32.1. The predicted molar refractivity (Wildman–Crippen MR) is 111 cm³/mol. The summed E-state index contributed by atoms with van der Waals surface area (Å²) in [4.78, 5) is 40.7. The molecule has 1 aromatic heterocycles. The predicted octanol–water partition coefficient (Wildman–Crippen LogP) is 3.51. The van der Waals surface area contributed by atoms with Gasteiger partial charge in [-0.05, 0) is 23.6 Å². The number of alkyl halides is 3. The van der Waals surface area contributed by atoms with Gasteiger partial charge in [-0.3, -0.25) is 19.3 Å². The van der Waals surface area contributed by atoms with Crippen molar-refractivity contribution in [2.24, 2.45) is 0 Å². The number of nitrogens with one attached hydrogen (secondary N) is 1. The molecule has 0 aliphatic carbocycles. The summed E-state index contributed by atoms with van der Waals surface area (Å²) in [7, 11) is 0. The van der Waals surface area contributed by atoms with Gasteiger partial charge in [0.15, 0.2) is 5.78 Å². The fourth-order valence-electron chi connectivity index (χ4n) is 3.33. The molecule has 1 N–H and O–H groups in total. The highest BCUT2D eigenvalue weighted by molar-refractivity contribution is 7.12. The molecule has 1 aliphatic rings. The first kappa shape index (κ1) is 23.0. The van der Waals surface area contributed by atoms with Crippen molar-refractivity contribution in [1.29, 1.82) is 0 Å². The third-order valence-corrected chi connectivity index (χ3v) is 5.87. The first-order valence-corrected chi connectivity index (χ1v) is 10.6. The quantitative estimate of drug-likeness (QED) is 0.652. The van der Waals surface area contributed by atoms with Crippen LogP contribution in [-0.4, -0.2) is 60.1 Å². The zero-order valence-corrected chi connectivity index (χ0v) is 17.5. The van der Waals surface area contributed by atoms with Gasteiger partial charge in [0.25, 0.3) is 0 Å². The fourth-order valence-corrected chi connectivity index (χ4v) is 4.02. The number of rotatable bonds is 7. The Kier molecular flexibility index (Phi) is 7.45. The maximum Gasteiger partial charge on any atom is 0.418 e. The van der Waals surface area contributed by atoms with Crippen LogP contribution in [0.4, 0.5) is 18.9 Å². The monoisotopic (exact) mass is 453 g/mol. The van der Waals surface area contributed by atoms with E-state index in [1.807, 2.05) is 5.38 Å². The molecule has 0 spiro atoms. The average molecular weight is 453 g/mol. The number of ketones is 1. The number of carbonyl (C=O) groups excluding carboxylic acids is 3. The Hall–Kier alpha value is -2.72. The van der Waals surface area contributed by atoms with Crippen molar-refractivity contribution < 1.29 is 27.6 Å². The first-order chi connectivity index (χ1) is 14.7. The van der Waals surface area contributed by atoms with Gasteiger partial charge in [-0.15, -0.1) is 11.3 Å². The van der Waals surface area contributed by atoms with Crippen LogP contribution in [0.15, 0.2) is 41.8 Å². The Morgan fingerprint density at radius 1 is 0.968 bits per heavy atom. The number of thiophene rings is 1. The van der Waals surface area contributed by atoms with E-state index in [2.05, 4.69) is 5.32 Å². The Balaban J connectivity index is 1.43. The van der Waals surface area contributed by atoms with Crippen molar-refractivity contribution in [3.63, 3.8) is 0 Å². The van der Waals surface area contributed by atoms with Crippen LogP contribution in [-0.2, 0) is 15.8 Å². The van der Waals surface area contributed by atoms with Crippen molar-refractivity contribution in [1.82, 2.24) is 9.80 Å². The molecule has 0 unspecified atom stereocenters. The second-order valence-electron chi connectivity index (χ2n) is 7.15. The Bertz CT molecular complexity index is 923. The van der Waals surface area contributed by atoms with Crippen LogP contribution in [0, 0.1) is 0 Å². The molecule has 2 amide bonds. The van der Waals surface area contributed by atoms with E-state index in [9.17, 15) is 27.6 Å². The number of halogens is 3. The molecule has 166 valence electrons. The molecule has 0 saturated carbocycles.